The van der Waals surface area contributed by atoms with Gasteiger partial charge in [0, 0.05) is 43.2 Å². The molecule has 1 aliphatic heterocycles. The molecule has 0 aliphatic carbocycles. The summed E-state index contributed by atoms with van der Waals surface area (Å²) in [6, 6.07) is 3.69. The van der Waals surface area contributed by atoms with Crippen molar-refractivity contribution < 1.29 is 4.74 Å². The average molecular weight is 285 g/mol. The first-order valence-corrected chi connectivity index (χ1v) is 7.18. The SMILES string of the molecule is COc1cc(C)nc(N2CCC(c3ncccn3)CC2)n1. The summed E-state index contributed by atoms with van der Waals surface area (Å²) in [5.41, 5.74) is 0.922. The van der Waals surface area contributed by atoms with Crippen LogP contribution in [0.2, 0.25) is 0 Å². The van der Waals surface area contributed by atoms with Gasteiger partial charge >= 0.3 is 0 Å². The minimum absolute atomic E-state index is 0.425. The summed E-state index contributed by atoms with van der Waals surface area (Å²) in [6.45, 7) is 3.78. The van der Waals surface area contributed by atoms with Gasteiger partial charge < -0.3 is 9.64 Å². The summed E-state index contributed by atoms with van der Waals surface area (Å²) in [7, 11) is 1.63. The van der Waals surface area contributed by atoms with Crippen molar-refractivity contribution in [1.82, 2.24) is 19.9 Å². The lowest BCUT2D eigenvalue weighted by Crippen LogP contribution is -2.34. The van der Waals surface area contributed by atoms with Crippen molar-refractivity contribution in [3.8, 4) is 5.88 Å². The molecule has 3 rings (SSSR count). The summed E-state index contributed by atoms with van der Waals surface area (Å²) in [5, 5.41) is 0. The van der Waals surface area contributed by atoms with Gasteiger partial charge in [-0.2, -0.15) is 4.98 Å². The van der Waals surface area contributed by atoms with Crippen LogP contribution in [0, 0.1) is 6.92 Å². The van der Waals surface area contributed by atoms with E-state index in [0.717, 1.165) is 43.4 Å². The van der Waals surface area contributed by atoms with Gasteiger partial charge in [-0.1, -0.05) is 0 Å². The molecule has 0 radical (unpaired) electrons. The number of piperidine rings is 1. The number of hydrogen-bond acceptors (Lipinski definition) is 6. The highest BCUT2D eigenvalue weighted by atomic mass is 16.5. The fraction of sp³-hybridized carbons (Fsp3) is 0.467. The average Bonchev–Trinajstić information content (AvgIpc) is 2.55. The van der Waals surface area contributed by atoms with Gasteiger partial charge in [0.25, 0.3) is 0 Å². The fourth-order valence-electron chi connectivity index (χ4n) is 2.63. The van der Waals surface area contributed by atoms with Crippen LogP contribution in [0.4, 0.5) is 5.95 Å². The monoisotopic (exact) mass is 285 g/mol. The molecular formula is C15H19N5O. The third kappa shape index (κ3) is 3.09. The van der Waals surface area contributed by atoms with Crippen molar-refractivity contribution >= 4 is 5.95 Å². The Kier molecular flexibility index (Phi) is 3.94. The predicted molar refractivity (Wildman–Crippen MR) is 79.5 cm³/mol. The summed E-state index contributed by atoms with van der Waals surface area (Å²) < 4.78 is 5.22. The van der Waals surface area contributed by atoms with Crippen LogP contribution in [0.5, 0.6) is 5.88 Å². The third-order valence-electron chi connectivity index (χ3n) is 3.76. The Balaban J connectivity index is 1.70. The lowest BCUT2D eigenvalue weighted by molar-refractivity contribution is 0.394. The highest BCUT2D eigenvalue weighted by Gasteiger charge is 2.24. The molecule has 3 heterocycles. The van der Waals surface area contributed by atoms with E-state index in [-0.39, 0.29) is 0 Å². The van der Waals surface area contributed by atoms with E-state index < -0.39 is 0 Å². The molecule has 2 aromatic rings. The van der Waals surface area contributed by atoms with Crippen LogP contribution in [0.15, 0.2) is 24.5 Å². The maximum absolute atomic E-state index is 5.22. The molecule has 21 heavy (non-hydrogen) atoms. The van der Waals surface area contributed by atoms with Gasteiger partial charge in [-0.25, -0.2) is 15.0 Å². The molecular weight excluding hydrogens is 266 g/mol. The fourth-order valence-corrected chi connectivity index (χ4v) is 2.63. The van der Waals surface area contributed by atoms with E-state index in [2.05, 4.69) is 24.8 Å². The molecule has 0 N–H and O–H groups in total. The van der Waals surface area contributed by atoms with Gasteiger partial charge in [0.2, 0.25) is 11.8 Å². The third-order valence-corrected chi connectivity index (χ3v) is 3.76. The van der Waals surface area contributed by atoms with Crippen LogP contribution in [0.1, 0.15) is 30.3 Å². The Morgan fingerprint density at radius 1 is 1.14 bits per heavy atom. The minimum Gasteiger partial charge on any atom is -0.481 e. The summed E-state index contributed by atoms with van der Waals surface area (Å²) in [4.78, 5) is 19.9. The van der Waals surface area contributed by atoms with E-state index in [1.54, 1.807) is 7.11 Å². The van der Waals surface area contributed by atoms with E-state index in [0.29, 0.717) is 11.8 Å². The number of ether oxygens (including phenoxy) is 1. The maximum atomic E-state index is 5.22. The van der Waals surface area contributed by atoms with E-state index in [4.69, 9.17) is 4.74 Å². The normalized spacial score (nSPS) is 16.0. The molecule has 0 bridgehead atoms. The van der Waals surface area contributed by atoms with Crippen molar-refractivity contribution in [3.05, 3.63) is 36.0 Å². The van der Waals surface area contributed by atoms with Gasteiger partial charge in [-0.15, -0.1) is 0 Å². The molecule has 0 atom stereocenters. The van der Waals surface area contributed by atoms with Crippen molar-refractivity contribution in [1.29, 1.82) is 0 Å². The number of aromatic nitrogens is 4. The molecule has 1 saturated heterocycles. The highest BCUT2D eigenvalue weighted by molar-refractivity contribution is 5.35. The Bertz CT molecular complexity index is 596. The number of rotatable bonds is 3. The van der Waals surface area contributed by atoms with Crippen molar-refractivity contribution in [2.45, 2.75) is 25.7 Å². The Morgan fingerprint density at radius 3 is 2.52 bits per heavy atom. The molecule has 1 fully saturated rings. The standard InChI is InChI=1S/C15H19N5O/c1-11-10-13(21-2)19-15(18-11)20-8-4-12(5-9-20)14-16-6-3-7-17-14/h3,6-7,10,12H,4-5,8-9H2,1-2H3. The van der Waals surface area contributed by atoms with Gasteiger partial charge in [0.1, 0.15) is 5.82 Å². The molecule has 2 aromatic heterocycles. The molecule has 6 heteroatoms. The Morgan fingerprint density at radius 2 is 1.86 bits per heavy atom. The largest absolute Gasteiger partial charge is 0.481 e. The smallest absolute Gasteiger partial charge is 0.228 e. The molecule has 0 amide bonds. The van der Waals surface area contributed by atoms with Crippen molar-refractivity contribution in [2.75, 3.05) is 25.1 Å². The van der Waals surface area contributed by atoms with Crippen molar-refractivity contribution in [3.63, 3.8) is 0 Å². The Labute approximate surface area is 124 Å². The van der Waals surface area contributed by atoms with Crippen LogP contribution in [0.25, 0.3) is 0 Å². The van der Waals surface area contributed by atoms with Crippen LogP contribution >= 0.6 is 0 Å². The quantitative estimate of drug-likeness (QED) is 0.859. The van der Waals surface area contributed by atoms with Gasteiger partial charge in [0.05, 0.1) is 7.11 Å². The van der Waals surface area contributed by atoms with Gasteiger partial charge in [-0.05, 0) is 25.8 Å². The zero-order chi connectivity index (χ0) is 14.7. The highest BCUT2D eigenvalue weighted by Crippen LogP contribution is 2.27. The number of methoxy groups -OCH3 is 1. The minimum atomic E-state index is 0.425. The van der Waals surface area contributed by atoms with Crippen LogP contribution < -0.4 is 9.64 Å². The van der Waals surface area contributed by atoms with Crippen molar-refractivity contribution in [2.24, 2.45) is 0 Å². The Hall–Kier alpha value is -2.24. The van der Waals surface area contributed by atoms with Gasteiger partial charge in [-0.3, -0.25) is 0 Å². The molecule has 6 nitrogen and oxygen atoms in total. The van der Waals surface area contributed by atoms with E-state index in [1.165, 1.54) is 0 Å². The molecule has 0 spiro atoms. The molecule has 0 unspecified atom stereocenters. The topological polar surface area (TPSA) is 64.0 Å². The number of anilines is 1. The zero-order valence-corrected chi connectivity index (χ0v) is 12.4. The summed E-state index contributed by atoms with van der Waals surface area (Å²) in [5.74, 6) is 2.74. The number of nitrogens with zero attached hydrogens (tertiary/aromatic N) is 5. The first kappa shape index (κ1) is 13.7. The van der Waals surface area contributed by atoms with Crippen LogP contribution in [-0.4, -0.2) is 40.1 Å². The molecule has 110 valence electrons. The van der Waals surface area contributed by atoms with Crippen LogP contribution in [-0.2, 0) is 0 Å². The van der Waals surface area contributed by atoms with Crippen LogP contribution in [0.3, 0.4) is 0 Å². The summed E-state index contributed by atoms with van der Waals surface area (Å²) in [6.07, 6.45) is 5.65. The molecule has 0 saturated carbocycles. The first-order chi connectivity index (χ1) is 10.3. The zero-order valence-electron chi connectivity index (χ0n) is 12.4. The lowest BCUT2D eigenvalue weighted by Gasteiger charge is -2.31. The molecule has 1 aliphatic rings. The second-order valence-electron chi connectivity index (χ2n) is 5.22. The van der Waals surface area contributed by atoms with E-state index in [9.17, 15) is 0 Å². The molecule has 0 aromatic carbocycles. The van der Waals surface area contributed by atoms with E-state index >= 15 is 0 Å². The number of aryl methyl sites for hydroxylation is 1. The van der Waals surface area contributed by atoms with Gasteiger partial charge in [0.15, 0.2) is 0 Å². The van der Waals surface area contributed by atoms with E-state index in [1.807, 2.05) is 31.5 Å². The maximum Gasteiger partial charge on any atom is 0.228 e. The number of hydrogen-bond donors (Lipinski definition) is 0. The lowest BCUT2D eigenvalue weighted by atomic mass is 9.96. The summed E-state index contributed by atoms with van der Waals surface area (Å²) >= 11 is 0. The second-order valence-corrected chi connectivity index (χ2v) is 5.22. The first-order valence-electron chi connectivity index (χ1n) is 7.18. The second kappa shape index (κ2) is 6.03. The predicted octanol–water partition coefficient (Wildman–Crippen LogP) is 1.97.